The first kappa shape index (κ1) is 16.4. The third-order valence-electron chi connectivity index (χ3n) is 2.70. The first-order chi connectivity index (χ1) is 10.2. The van der Waals surface area contributed by atoms with Gasteiger partial charge in [0.1, 0.15) is 12.6 Å². The summed E-state index contributed by atoms with van der Waals surface area (Å²) >= 11 is 0. The predicted octanol–water partition coefficient (Wildman–Crippen LogP) is 0.279. The van der Waals surface area contributed by atoms with Gasteiger partial charge in [0, 0.05) is 24.9 Å². The fraction of sp³-hybridized carbons (Fsp3) is 0.286. The normalized spacial score (nSPS) is 11.5. The molecule has 0 bridgehead atoms. The summed E-state index contributed by atoms with van der Waals surface area (Å²) in [4.78, 5) is 21.6. The highest BCUT2D eigenvalue weighted by molar-refractivity contribution is 5.97. The predicted molar refractivity (Wildman–Crippen MR) is 81.6 cm³/mol. The summed E-state index contributed by atoms with van der Waals surface area (Å²) < 4.78 is 0. The molecule has 0 heterocycles. The van der Waals surface area contributed by atoms with Gasteiger partial charge in [-0.25, -0.2) is 0 Å². The fourth-order valence-electron chi connectivity index (χ4n) is 1.58. The average molecular weight is 289 g/mol. The number of hydrogen-bond acceptors (Lipinski definition) is 4. The van der Waals surface area contributed by atoms with Crippen LogP contribution in [-0.2, 0) is 16.1 Å². The third-order valence-corrected chi connectivity index (χ3v) is 2.70. The number of unbranched alkanes of at least 4 members (excludes halogenated alkanes) is 1. The first-order valence-corrected chi connectivity index (χ1v) is 6.53. The summed E-state index contributed by atoms with van der Waals surface area (Å²) in [5.41, 5.74) is 12.4. The zero-order valence-electron chi connectivity index (χ0n) is 11.7. The maximum absolute atomic E-state index is 11.5. The quantitative estimate of drug-likeness (QED) is 0.209. The van der Waals surface area contributed by atoms with Gasteiger partial charge in [-0.3, -0.25) is 4.79 Å². The SMILES string of the molecule is N/C=N\N=C(/N)c1ccc(CNC(=O)CCCC=O)cc1. The summed E-state index contributed by atoms with van der Waals surface area (Å²) in [5, 5.41) is 9.98. The number of carbonyl (C=O) groups is 2. The minimum absolute atomic E-state index is 0.0701. The molecule has 7 heteroatoms. The van der Waals surface area contributed by atoms with Crippen molar-refractivity contribution >= 4 is 24.4 Å². The number of hydrogen-bond donors (Lipinski definition) is 3. The van der Waals surface area contributed by atoms with Crippen LogP contribution in [0.4, 0.5) is 0 Å². The lowest BCUT2D eigenvalue weighted by atomic mass is 10.1. The molecule has 0 fully saturated rings. The Labute approximate surface area is 123 Å². The highest BCUT2D eigenvalue weighted by Crippen LogP contribution is 2.04. The summed E-state index contributed by atoms with van der Waals surface area (Å²) in [6, 6.07) is 7.27. The van der Waals surface area contributed by atoms with Crippen LogP contribution in [-0.4, -0.2) is 24.4 Å². The van der Waals surface area contributed by atoms with Crippen LogP contribution in [0.3, 0.4) is 0 Å². The third kappa shape index (κ3) is 6.33. The Balaban J connectivity index is 2.47. The van der Waals surface area contributed by atoms with Crippen molar-refractivity contribution in [2.45, 2.75) is 25.8 Å². The molecule has 0 aliphatic carbocycles. The molecule has 0 aromatic heterocycles. The molecule has 0 aliphatic rings. The van der Waals surface area contributed by atoms with Crippen molar-refractivity contribution in [1.29, 1.82) is 0 Å². The van der Waals surface area contributed by atoms with Crippen LogP contribution in [0, 0.1) is 0 Å². The zero-order chi connectivity index (χ0) is 15.5. The molecule has 1 aromatic rings. The van der Waals surface area contributed by atoms with E-state index in [1.165, 1.54) is 0 Å². The standard InChI is InChI=1S/C14H19N5O2/c15-10-18-19-14(16)12-6-4-11(5-7-12)9-17-13(21)3-1-2-8-20/h4-8,10H,1-3,9H2,(H2,15,18)(H2,16,19)(H,17,21). The lowest BCUT2D eigenvalue weighted by molar-refractivity contribution is -0.121. The maximum atomic E-state index is 11.5. The molecule has 0 saturated heterocycles. The van der Waals surface area contributed by atoms with Gasteiger partial charge in [0.25, 0.3) is 0 Å². The number of aldehydes is 1. The highest BCUT2D eigenvalue weighted by atomic mass is 16.1. The van der Waals surface area contributed by atoms with E-state index in [1.807, 2.05) is 12.1 Å². The van der Waals surface area contributed by atoms with E-state index in [0.717, 1.165) is 23.8 Å². The molecular formula is C14H19N5O2. The minimum Gasteiger partial charge on any atom is -0.388 e. The van der Waals surface area contributed by atoms with E-state index in [9.17, 15) is 9.59 Å². The van der Waals surface area contributed by atoms with Crippen LogP contribution in [0.25, 0.3) is 0 Å². The van der Waals surface area contributed by atoms with Crippen molar-refractivity contribution in [2.75, 3.05) is 0 Å². The largest absolute Gasteiger partial charge is 0.388 e. The van der Waals surface area contributed by atoms with Gasteiger partial charge in [0.05, 0.1) is 0 Å². The second kappa shape index (κ2) is 9.24. The lowest BCUT2D eigenvalue weighted by Crippen LogP contribution is -2.22. The zero-order valence-corrected chi connectivity index (χ0v) is 11.7. The number of amidine groups is 1. The molecule has 0 aliphatic heterocycles. The van der Waals surface area contributed by atoms with Gasteiger partial charge in [0.2, 0.25) is 5.91 Å². The molecule has 112 valence electrons. The second-order valence-electron chi connectivity index (χ2n) is 4.28. The molecule has 7 nitrogen and oxygen atoms in total. The second-order valence-corrected chi connectivity index (χ2v) is 4.28. The summed E-state index contributed by atoms with van der Waals surface area (Å²) in [7, 11) is 0. The van der Waals surface area contributed by atoms with E-state index in [1.54, 1.807) is 12.1 Å². The monoisotopic (exact) mass is 289 g/mol. The van der Waals surface area contributed by atoms with Gasteiger partial charge in [0.15, 0.2) is 5.84 Å². The Morgan fingerprint density at radius 1 is 1.29 bits per heavy atom. The maximum Gasteiger partial charge on any atom is 0.220 e. The Morgan fingerprint density at radius 3 is 2.62 bits per heavy atom. The summed E-state index contributed by atoms with van der Waals surface area (Å²) in [6.45, 7) is 0.429. The minimum atomic E-state index is -0.0701. The van der Waals surface area contributed by atoms with Crippen molar-refractivity contribution in [2.24, 2.45) is 21.7 Å². The van der Waals surface area contributed by atoms with Gasteiger partial charge < -0.3 is 21.6 Å². The number of rotatable bonds is 8. The van der Waals surface area contributed by atoms with Crippen LogP contribution in [0.15, 0.2) is 34.5 Å². The van der Waals surface area contributed by atoms with Crippen LogP contribution in [0.2, 0.25) is 0 Å². The van der Waals surface area contributed by atoms with Gasteiger partial charge in [-0.05, 0) is 12.0 Å². The fourth-order valence-corrected chi connectivity index (χ4v) is 1.58. The topological polar surface area (TPSA) is 123 Å². The van der Waals surface area contributed by atoms with Crippen molar-refractivity contribution in [1.82, 2.24) is 5.32 Å². The molecule has 0 atom stereocenters. The van der Waals surface area contributed by atoms with E-state index in [4.69, 9.17) is 11.5 Å². The van der Waals surface area contributed by atoms with Gasteiger partial charge in [-0.15, -0.1) is 10.2 Å². The van der Waals surface area contributed by atoms with E-state index < -0.39 is 0 Å². The van der Waals surface area contributed by atoms with Gasteiger partial charge in [-0.2, -0.15) is 0 Å². The molecule has 5 N–H and O–H groups in total. The number of nitrogens with zero attached hydrogens (tertiary/aromatic N) is 2. The Kier molecular flexibility index (Phi) is 7.20. The van der Waals surface area contributed by atoms with Crippen LogP contribution in [0.5, 0.6) is 0 Å². The van der Waals surface area contributed by atoms with E-state index in [0.29, 0.717) is 25.8 Å². The Morgan fingerprint density at radius 2 is 2.00 bits per heavy atom. The molecule has 0 saturated carbocycles. The molecular weight excluding hydrogens is 270 g/mol. The van der Waals surface area contributed by atoms with Gasteiger partial charge in [-0.1, -0.05) is 24.3 Å². The molecule has 0 unspecified atom stereocenters. The number of nitrogens with one attached hydrogen (secondary N) is 1. The smallest absolute Gasteiger partial charge is 0.220 e. The van der Waals surface area contributed by atoms with Crippen molar-refractivity contribution in [3.63, 3.8) is 0 Å². The summed E-state index contributed by atoms with van der Waals surface area (Å²) in [5.74, 6) is 0.195. The molecule has 1 rings (SSSR count). The molecule has 0 radical (unpaired) electrons. The van der Waals surface area contributed by atoms with Crippen molar-refractivity contribution < 1.29 is 9.59 Å². The van der Waals surface area contributed by atoms with Crippen molar-refractivity contribution in [3.05, 3.63) is 35.4 Å². The average Bonchev–Trinajstić information content (AvgIpc) is 2.51. The number of nitrogens with two attached hydrogens (primary N) is 2. The summed E-state index contributed by atoms with van der Waals surface area (Å²) in [6.07, 6.45) is 3.20. The van der Waals surface area contributed by atoms with Crippen LogP contribution < -0.4 is 16.8 Å². The van der Waals surface area contributed by atoms with Crippen molar-refractivity contribution in [3.8, 4) is 0 Å². The molecule has 1 amide bonds. The number of amides is 1. The number of carbonyl (C=O) groups excluding carboxylic acids is 2. The first-order valence-electron chi connectivity index (χ1n) is 6.53. The molecule has 1 aromatic carbocycles. The molecule has 0 spiro atoms. The van der Waals surface area contributed by atoms with E-state index in [-0.39, 0.29) is 11.7 Å². The molecule has 21 heavy (non-hydrogen) atoms. The Bertz CT molecular complexity index is 523. The van der Waals surface area contributed by atoms with E-state index in [2.05, 4.69) is 15.5 Å². The Hall–Kier alpha value is -2.70. The highest BCUT2D eigenvalue weighted by Gasteiger charge is 2.02. The van der Waals surface area contributed by atoms with Crippen LogP contribution in [0.1, 0.15) is 30.4 Å². The number of benzene rings is 1. The lowest BCUT2D eigenvalue weighted by Gasteiger charge is -2.06. The van der Waals surface area contributed by atoms with Crippen LogP contribution >= 0.6 is 0 Å². The van der Waals surface area contributed by atoms with E-state index >= 15 is 0 Å². The van der Waals surface area contributed by atoms with Gasteiger partial charge >= 0.3 is 0 Å².